The lowest BCUT2D eigenvalue weighted by Gasteiger charge is -2.21. The van der Waals surface area contributed by atoms with Gasteiger partial charge in [-0.15, -0.1) is 11.3 Å². The first kappa shape index (κ1) is 17.2. The number of hydrogen-bond acceptors (Lipinski definition) is 4. The Kier molecular flexibility index (Phi) is 4.76. The first-order chi connectivity index (χ1) is 12.7. The topological polar surface area (TPSA) is 45.9 Å². The highest BCUT2D eigenvalue weighted by Crippen LogP contribution is 2.38. The van der Waals surface area contributed by atoms with Gasteiger partial charge in [-0.05, 0) is 62.3 Å². The number of nitriles is 1. The summed E-state index contributed by atoms with van der Waals surface area (Å²) in [5.74, 6) is 0. The molecule has 2 aliphatic carbocycles. The van der Waals surface area contributed by atoms with Gasteiger partial charge in [0.2, 0.25) is 0 Å². The predicted molar refractivity (Wildman–Crippen MR) is 106 cm³/mol. The lowest BCUT2D eigenvalue weighted by molar-refractivity contribution is 0.0327. The molecule has 1 aromatic heterocycles. The van der Waals surface area contributed by atoms with Gasteiger partial charge in [-0.3, -0.25) is 0 Å². The van der Waals surface area contributed by atoms with Gasteiger partial charge in [0, 0.05) is 11.8 Å². The fourth-order valence-corrected chi connectivity index (χ4v) is 4.75. The standard InChI is InChI=1S/C22H22N2OS/c1-14(2)25-20-10-9-16(11-17(20)12-23)22-24-13-21(26-22)19-8-4-6-15-5-3-7-18(15)19/h4,6,8-9,11,13-14,20H,3,5,7,10H2,1-2H3. The molecule has 4 rings (SSSR count). The largest absolute Gasteiger partial charge is 0.370 e. The maximum Gasteiger partial charge on any atom is 0.123 e. The molecule has 0 N–H and O–H groups in total. The summed E-state index contributed by atoms with van der Waals surface area (Å²) >= 11 is 1.71. The second-order valence-electron chi connectivity index (χ2n) is 7.11. The van der Waals surface area contributed by atoms with E-state index in [-0.39, 0.29) is 12.2 Å². The van der Waals surface area contributed by atoms with E-state index in [0.29, 0.717) is 5.57 Å². The molecule has 0 bridgehead atoms. The maximum atomic E-state index is 9.49. The molecule has 1 atom stereocenters. The van der Waals surface area contributed by atoms with Crippen LogP contribution in [0.3, 0.4) is 0 Å². The number of thiazole rings is 1. The van der Waals surface area contributed by atoms with E-state index in [1.165, 1.54) is 34.4 Å². The van der Waals surface area contributed by atoms with Gasteiger partial charge in [-0.2, -0.15) is 5.26 Å². The third kappa shape index (κ3) is 3.25. The third-order valence-electron chi connectivity index (χ3n) is 4.94. The Labute approximate surface area is 158 Å². The molecule has 132 valence electrons. The van der Waals surface area contributed by atoms with Crippen LogP contribution in [-0.2, 0) is 17.6 Å². The minimum atomic E-state index is -0.138. The van der Waals surface area contributed by atoms with Crippen molar-refractivity contribution in [1.82, 2.24) is 4.98 Å². The van der Waals surface area contributed by atoms with Gasteiger partial charge in [0.25, 0.3) is 0 Å². The average Bonchev–Trinajstić information content (AvgIpc) is 3.30. The molecule has 1 unspecified atom stereocenters. The summed E-state index contributed by atoms with van der Waals surface area (Å²) in [5.41, 5.74) is 6.02. The van der Waals surface area contributed by atoms with Gasteiger partial charge >= 0.3 is 0 Å². The molecule has 0 saturated heterocycles. The fraction of sp³-hybridized carbons (Fsp3) is 0.364. The van der Waals surface area contributed by atoms with Gasteiger partial charge < -0.3 is 4.74 Å². The molecule has 26 heavy (non-hydrogen) atoms. The Balaban J connectivity index is 1.62. The molecule has 4 heteroatoms. The van der Waals surface area contributed by atoms with Crippen LogP contribution in [0.4, 0.5) is 0 Å². The summed E-state index contributed by atoms with van der Waals surface area (Å²) in [6.07, 6.45) is 10.3. The molecule has 2 aromatic rings. The number of rotatable bonds is 4. The smallest absolute Gasteiger partial charge is 0.123 e. The summed E-state index contributed by atoms with van der Waals surface area (Å²) < 4.78 is 5.85. The van der Waals surface area contributed by atoms with Crippen LogP contribution >= 0.6 is 11.3 Å². The Morgan fingerprint density at radius 3 is 3.00 bits per heavy atom. The molecular weight excluding hydrogens is 340 g/mol. The quantitative estimate of drug-likeness (QED) is 0.738. The molecule has 0 spiro atoms. The highest BCUT2D eigenvalue weighted by atomic mass is 32.1. The first-order valence-electron chi connectivity index (χ1n) is 9.20. The zero-order valence-electron chi connectivity index (χ0n) is 15.2. The number of fused-ring (bicyclic) bond motifs is 1. The van der Waals surface area contributed by atoms with E-state index in [1.807, 2.05) is 26.1 Å². The van der Waals surface area contributed by atoms with Crippen molar-refractivity contribution in [2.75, 3.05) is 0 Å². The van der Waals surface area contributed by atoms with Crippen molar-refractivity contribution in [3.8, 4) is 16.5 Å². The van der Waals surface area contributed by atoms with E-state index >= 15 is 0 Å². The van der Waals surface area contributed by atoms with Crippen LogP contribution in [0.5, 0.6) is 0 Å². The lowest BCUT2D eigenvalue weighted by atomic mass is 9.97. The molecule has 0 saturated carbocycles. The van der Waals surface area contributed by atoms with Gasteiger partial charge in [0.1, 0.15) is 5.01 Å². The summed E-state index contributed by atoms with van der Waals surface area (Å²) in [7, 11) is 0. The minimum Gasteiger partial charge on any atom is -0.370 e. The summed E-state index contributed by atoms with van der Waals surface area (Å²) in [6.45, 7) is 4.00. The Morgan fingerprint density at radius 1 is 1.31 bits per heavy atom. The zero-order valence-corrected chi connectivity index (χ0v) is 16.0. The van der Waals surface area contributed by atoms with E-state index in [0.717, 1.165) is 23.4 Å². The third-order valence-corrected chi connectivity index (χ3v) is 6.02. The molecule has 1 heterocycles. The number of nitrogens with zero attached hydrogens (tertiary/aromatic N) is 2. The fourth-order valence-electron chi connectivity index (χ4n) is 3.77. The van der Waals surface area contributed by atoms with Crippen LogP contribution in [0.1, 0.15) is 42.8 Å². The normalized spacial score (nSPS) is 19.1. The summed E-state index contributed by atoms with van der Waals surface area (Å²) in [4.78, 5) is 5.87. The van der Waals surface area contributed by atoms with Crippen LogP contribution in [-0.4, -0.2) is 17.2 Å². The van der Waals surface area contributed by atoms with E-state index in [2.05, 4.69) is 35.3 Å². The molecule has 3 nitrogen and oxygen atoms in total. The molecule has 0 radical (unpaired) electrons. The van der Waals surface area contributed by atoms with E-state index in [1.54, 1.807) is 11.3 Å². The van der Waals surface area contributed by atoms with Crippen molar-refractivity contribution >= 4 is 16.9 Å². The van der Waals surface area contributed by atoms with Crippen LogP contribution in [0.15, 0.2) is 42.1 Å². The molecular formula is C22H22N2OS. The number of hydrogen-bond donors (Lipinski definition) is 0. The van der Waals surface area contributed by atoms with E-state index in [9.17, 15) is 5.26 Å². The van der Waals surface area contributed by atoms with Gasteiger partial charge in [-0.1, -0.05) is 24.3 Å². The van der Waals surface area contributed by atoms with Crippen molar-refractivity contribution in [1.29, 1.82) is 5.26 Å². The summed E-state index contributed by atoms with van der Waals surface area (Å²) in [5, 5.41) is 10.5. The first-order valence-corrected chi connectivity index (χ1v) is 10.0. The van der Waals surface area contributed by atoms with Crippen molar-refractivity contribution in [2.45, 2.75) is 51.7 Å². The number of aromatic nitrogens is 1. The summed E-state index contributed by atoms with van der Waals surface area (Å²) in [6, 6.07) is 8.91. The van der Waals surface area contributed by atoms with Crippen molar-refractivity contribution in [3.05, 3.63) is 58.3 Å². The van der Waals surface area contributed by atoms with Crippen molar-refractivity contribution in [3.63, 3.8) is 0 Å². The van der Waals surface area contributed by atoms with Crippen LogP contribution < -0.4 is 0 Å². The maximum absolute atomic E-state index is 9.49. The zero-order chi connectivity index (χ0) is 18.1. The number of aryl methyl sites for hydroxylation is 1. The predicted octanol–water partition coefficient (Wildman–Crippen LogP) is 5.33. The number of allylic oxidation sites excluding steroid dienone is 2. The molecule has 0 fully saturated rings. The second kappa shape index (κ2) is 7.19. The highest BCUT2D eigenvalue weighted by Gasteiger charge is 2.22. The average molecular weight is 362 g/mol. The molecule has 2 aliphatic rings. The molecule has 0 aliphatic heterocycles. The Hall–Kier alpha value is -2.22. The number of benzene rings is 1. The molecule has 0 amide bonds. The SMILES string of the molecule is CC(C)OC1CC=C(c2ncc(-c3cccc4c3CCC4)s2)C=C1C#N. The number of ether oxygens (including phenoxy) is 1. The second-order valence-corrected chi connectivity index (χ2v) is 8.14. The van der Waals surface area contributed by atoms with Crippen molar-refractivity contribution < 1.29 is 4.74 Å². The van der Waals surface area contributed by atoms with Crippen LogP contribution in [0.2, 0.25) is 0 Å². The van der Waals surface area contributed by atoms with Gasteiger partial charge in [0.15, 0.2) is 0 Å². The van der Waals surface area contributed by atoms with Crippen LogP contribution in [0, 0.1) is 11.3 Å². The monoisotopic (exact) mass is 362 g/mol. The van der Waals surface area contributed by atoms with E-state index in [4.69, 9.17) is 4.74 Å². The Bertz CT molecular complexity index is 930. The van der Waals surface area contributed by atoms with Crippen molar-refractivity contribution in [2.24, 2.45) is 0 Å². The van der Waals surface area contributed by atoms with E-state index < -0.39 is 0 Å². The van der Waals surface area contributed by atoms with Crippen LogP contribution in [0.25, 0.3) is 16.0 Å². The minimum absolute atomic E-state index is 0.110. The Morgan fingerprint density at radius 2 is 2.19 bits per heavy atom. The lowest BCUT2D eigenvalue weighted by Crippen LogP contribution is -2.21. The molecule has 1 aromatic carbocycles. The van der Waals surface area contributed by atoms with Gasteiger partial charge in [-0.25, -0.2) is 4.98 Å². The van der Waals surface area contributed by atoms with Gasteiger partial charge in [0.05, 0.1) is 28.7 Å². The highest BCUT2D eigenvalue weighted by molar-refractivity contribution is 7.16.